The molecule has 0 bridgehead atoms. The highest BCUT2D eigenvalue weighted by atomic mass is 32.1. The Hall–Kier alpha value is -1.72. The summed E-state index contributed by atoms with van der Waals surface area (Å²) in [6.45, 7) is 5.92. The number of hydrogen-bond donors (Lipinski definition) is 2. The van der Waals surface area contributed by atoms with Crippen molar-refractivity contribution in [3.05, 3.63) is 16.1 Å². The number of thiazole rings is 1. The third-order valence-corrected chi connectivity index (χ3v) is 4.93. The van der Waals surface area contributed by atoms with E-state index in [-0.39, 0.29) is 17.9 Å². The highest BCUT2D eigenvalue weighted by Gasteiger charge is 2.38. The first-order valence-corrected chi connectivity index (χ1v) is 8.87. The van der Waals surface area contributed by atoms with Crippen LogP contribution in [0.15, 0.2) is 5.38 Å². The number of nitrogens with zero attached hydrogens (tertiary/aromatic N) is 2. The number of nitrogens with one attached hydrogen (secondary N) is 1. The van der Waals surface area contributed by atoms with Crippen molar-refractivity contribution in [1.82, 2.24) is 15.2 Å². The second-order valence-corrected chi connectivity index (χ2v) is 6.96. The van der Waals surface area contributed by atoms with E-state index in [1.165, 1.54) is 0 Å². The Morgan fingerprint density at radius 3 is 2.81 bits per heavy atom. The van der Waals surface area contributed by atoms with E-state index >= 15 is 0 Å². The Bertz CT molecular complexity index is 638. The second kappa shape index (κ2) is 8.78. The summed E-state index contributed by atoms with van der Waals surface area (Å²) < 4.78 is 37.5. The van der Waals surface area contributed by atoms with Gasteiger partial charge in [0, 0.05) is 24.2 Å². The zero-order valence-electron chi connectivity index (χ0n) is 14.1. The van der Waals surface area contributed by atoms with Gasteiger partial charge in [-0.15, -0.1) is 11.3 Å². The number of piperidine rings is 1. The first-order chi connectivity index (χ1) is 12.2. The molecule has 2 fully saturated rings. The van der Waals surface area contributed by atoms with Crippen molar-refractivity contribution in [2.24, 2.45) is 5.92 Å². The molecule has 26 heavy (non-hydrogen) atoms. The van der Waals surface area contributed by atoms with Crippen molar-refractivity contribution in [3.63, 3.8) is 0 Å². The van der Waals surface area contributed by atoms with Gasteiger partial charge < -0.3 is 15.2 Å². The molecule has 0 saturated carbocycles. The number of halogens is 3. The first kappa shape index (κ1) is 20.6. The predicted molar refractivity (Wildman–Crippen MR) is 86.7 cm³/mol. The molecule has 11 heteroatoms. The molecule has 0 unspecified atom stereocenters. The average molecular weight is 395 g/mol. The van der Waals surface area contributed by atoms with E-state index in [2.05, 4.69) is 20.6 Å². The Labute approximate surface area is 152 Å². The maximum atomic E-state index is 11.9. The zero-order valence-corrected chi connectivity index (χ0v) is 14.9. The van der Waals surface area contributed by atoms with E-state index in [0.29, 0.717) is 13.2 Å². The highest BCUT2D eigenvalue weighted by molar-refractivity contribution is 7.09. The largest absolute Gasteiger partial charge is 0.490 e. The molecular formula is C15H20F3N3O4S. The van der Waals surface area contributed by atoms with Crippen molar-refractivity contribution in [2.45, 2.75) is 32.2 Å². The lowest BCUT2D eigenvalue weighted by atomic mass is 9.93. The summed E-state index contributed by atoms with van der Waals surface area (Å²) in [6.07, 6.45) is -4.17. The number of carbonyl (C=O) groups excluding carboxylic acids is 1. The number of alkyl halides is 3. The van der Waals surface area contributed by atoms with E-state index in [4.69, 9.17) is 14.6 Å². The zero-order chi connectivity index (χ0) is 19.3. The fraction of sp³-hybridized carbons (Fsp3) is 0.667. The van der Waals surface area contributed by atoms with Gasteiger partial charge in [-0.1, -0.05) is 0 Å². The molecule has 7 nitrogen and oxygen atoms in total. The minimum absolute atomic E-state index is 0.0248. The molecule has 0 aliphatic carbocycles. The quantitative estimate of drug-likeness (QED) is 0.787. The summed E-state index contributed by atoms with van der Waals surface area (Å²) in [5.74, 6) is -2.57. The minimum atomic E-state index is -5.08. The number of carbonyl (C=O) groups is 2. The number of aromatic nitrogens is 1. The number of rotatable bonds is 2. The van der Waals surface area contributed by atoms with Crippen molar-refractivity contribution in [1.29, 1.82) is 0 Å². The van der Waals surface area contributed by atoms with Gasteiger partial charge in [0.2, 0.25) is 5.91 Å². The number of aliphatic carboxylic acids is 1. The van der Waals surface area contributed by atoms with Crippen molar-refractivity contribution >= 4 is 23.2 Å². The van der Waals surface area contributed by atoms with Crippen LogP contribution in [0.3, 0.4) is 0 Å². The van der Waals surface area contributed by atoms with Gasteiger partial charge in [-0.05, 0) is 19.9 Å². The highest BCUT2D eigenvalue weighted by Crippen LogP contribution is 2.24. The van der Waals surface area contributed by atoms with Crippen LogP contribution < -0.4 is 5.32 Å². The standard InChI is InChI=1S/C13H19N3O2S.C2HF3O2/c1-9-8-19-12(15-9)7-16-4-2-10-11(6-16)18-5-3-14-13(10)17;3-2(4,5)1(6)7/h8,10-11H,2-7H2,1H3,(H,14,17);(H,6,7)/t10-,11+;/m1./s1. The SMILES string of the molecule is Cc1csc(CN2CC[C@H]3C(=O)NCCO[C@H]3C2)n1.O=C(O)C(F)(F)F. The number of carboxylic acid groups (broad SMARTS) is 1. The summed E-state index contributed by atoms with van der Waals surface area (Å²) in [4.78, 5) is 27.6. The van der Waals surface area contributed by atoms with Crippen LogP contribution in [0.2, 0.25) is 0 Å². The van der Waals surface area contributed by atoms with Crippen LogP contribution in [-0.2, 0) is 20.9 Å². The molecule has 0 radical (unpaired) electrons. The smallest absolute Gasteiger partial charge is 0.475 e. The van der Waals surface area contributed by atoms with Crippen LogP contribution in [0.4, 0.5) is 13.2 Å². The van der Waals surface area contributed by atoms with E-state index in [1.54, 1.807) is 11.3 Å². The molecule has 2 aliphatic rings. The lowest BCUT2D eigenvalue weighted by Gasteiger charge is -2.35. The van der Waals surface area contributed by atoms with Crippen LogP contribution in [0, 0.1) is 12.8 Å². The molecular weight excluding hydrogens is 375 g/mol. The average Bonchev–Trinajstić information content (AvgIpc) is 2.86. The number of carboxylic acids is 1. The molecule has 2 saturated heterocycles. The Morgan fingerprint density at radius 2 is 2.23 bits per heavy atom. The van der Waals surface area contributed by atoms with Crippen molar-refractivity contribution in [3.8, 4) is 0 Å². The fourth-order valence-electron chi connectivity index (χ4n) is 2.78. The number of amides is 1. The van der Waals surface area contributed by atoms with E-state index < -0.39 is 12.1 Å². The predicted octanol–water partition coefficient (Wildman–Crippen LogP) is 1.42. The molecule has 3 rings (SSSR count). The fourth-order valence-corrected chi connectivity index (χ4v) is 3.59. The number of ether oxygens (including phenoxy) is 1. The number of fused-ring (bicyclic) bond motifs is 1. The Balaban J connectivity index is 0.000000298. The Kier molecular flexibility index (Phi) is 6.95. The molecule has 0 spiro atoms. The summed E-state index contributed by atoms with van der Waals surface area (Å²) in [7, 11) is 0. The van der Waals surface area contributed by atoms with Crippen LogP contribution in [-0.4, -0.2) is 65.4 Å². The van der Waals surface area contributed by atoms with Gasteiger partial charge >= 0.3 is 12.1 Å². The summed E-state index contributed by atoms with van der Waals surface area (Å²) in [5.41, 5.74) is 1.08. The van der Waals surface area contributed by atoms with Crippen LogP contribution in [0.1, 0.15) is 17.1 Å². The normalized spacial score (nSPS) is 23.9. The summed E-state index contributed by atoms with van der Waals surface area (Å²) in [6, 6.07) is 0. The van der Waals surface area contributed by atoms with Crippen LogP contribution >= 0.6 is 11.3 Å². The topological polar surface area (TPSA) is 91.8 Å². The van der Waals surface area contributed by atoms with Gasteiger partial charge in [0.25, 0.3) is 0 Å². The molecule has 1 aromatic heterocycles. The molecule has 2 atom stereocenters. The van der Waals surface area contributed by atoms with Crippen molar-refractivity contribution < 1.29 is 32.6 Å². The molecule has 2 N–H and O–H groups in total. The number of hydrogen-bond acceptors (Lipinski definition) is 6. The third-order valence-electron chi connectivity index (χ3n) is 3.98. The van der Waals surface area contributed by atoms with Gasteiger partial charge in [-0.2, -0.15) is 13.2 Å². The van der Waals surface area contributed by atoms with Gasteiger partial charge in [0.05, 0.1) is 25.2 Å². The van der Waals surface area contributed by atoms with Gasteiger partial charge in [0.1, 0.15) is 5.01 Å². The molecule has 1 amide bonds. The maximum absolute atomic E-state index is 11.9. The first-order valence-electron chi connectivity index (χ1n) is 7.99. The van der Waals surface area contributed by atoms with Gasteiger partial charge in [-0.3, -0.25) is 9.69 Å². The second-order valence-electron chi connectivity index (χ2n) is 6.02. The number of likely N-dealkylation sites (tertiary alicyclic amines) is 1. The Morgan fingerprint density at radius 1 is 1.54 bits per heavy atom. The summed E-state index contributed by atoms with van der Waals surface area (Å²) >= 11 is 1.70. The van der Waals surface area contributed by atoms with E-state index in [0.717, 1.165) is 36.8 Å². The molecule has 0 aromatic carbocycles. The molecule has 146 valence electrons. The lowest BCUT2D eigenvalue weighted by Crippen LogP contribution is -2.48. The molecule has 2 aliphatic heterocycles. The lowest BCUT2D eigenvalue weighted by molar-refractivity contribution is -0.192. The van der Waals surface area contributed by atoms with E-state index in [1.807, 2.05) is 6.92 Å². The maximum Gasteiger partial charge on any atom is 0.490 e. The third kappa shape index (κ3) is 5.92. The van der Waals surface area contributed by atoms with Gasteiger partial charge in [-0.25, -0.2) is 9.78 Å². The van der Waals surface area contributed by atoms with Crippen molar-refractivity contribution in [2.75, 3.05) is 26.2 Å². The van der Waals surface area contributed by atoms with Gasteiger partial charge in [0.15, 0.2) is 0 Å². The molecule has 1 aromatic rings. The minimum Gasteiger partial charge on any atom is -0.475 e. The monoisotopic (exact) mass is 395 g/mol. The number of aryl methyl sites for hydroxylation is 1. The van der Waals surface area contributed by atoms with E-state index in [9.17, 15) is 18.0 Å². The van der Waals surface area contributed by atoms with Crippen LogP contribution in [0.25, 0.3) is 0 Å². The molecule has 3 heterocycles. The summed E-state index contributed by atoms with van der Waals surface area (Å²) in [5, 5.41) is 13.3. The van der Waals surface area contributed by atoms with Crippen LogP contribution in [0.5, 0.6) is 0 Å².